The minimum absolute atomic E-state index is 0.110. The summed E-state index contributed by atoms with van der Waals surface area (Å²) in [4.78, 5) is 0.831. The predicted molar refractivity (Wildman–Crippen MR) is 63.7 cm³/mol. The van der Waals surface area contributed by atoms with Crippen molar-refractivity contribution in [3.05, 3.63) is 20.8 Å². The van der Waals surface area contributed by atoms with E-state index >= 15 is 0 Å². The van der Waals surface area contributed by atoms with E-state index in [0.717, 1.165) is 9.35 Å². The second kappa shape index (κ2) is 4.16. The maximum absolute atomic E-state index is 11.3. The van der Waals surface area contributed by atoms with Crippen LogP contribution in [0.5, 0.6) is 0 Å². The van der Waals surface area contributed by atoms with Gasteiger partial charge in [0.15, 0.2) is 9.84 Å². The fourth-order valence-electron chi connectivity index (χ4n) is 1.80. The van der Waals surface area contributed by atoms with Crippen LogP contribution in [-0.4, -0.2) is 25.0 Å². The minimum Gasteiger partial charge on any atom is -0.387 e. The van der Waals surface area contributed by atoms with Gasteiger partial charge in [-0.1, -0.05) is 0 Å². The highest BCUT2D eigenvalue weighted by atomic mass is 79.9. The van der Waals surface area contributed by atoms with Gasteiger partial charge in [-0.05, 0) is 33.8 Å². The van der Waals surface area contributed by atoms with Crippen LogP contribution in [0.4, 0.5) is 0 Å². The molecule has 0 radical (unpaired) electrons. The van der Waals surface area contributed by atoms with E-state index < -0.39 is 15.9 Å². The smallest absolute Gasteiger partial charge is 0.150 e. The van der Waals surface area contributed by atoms with Crippen molar-refractivity contribution in [2.45, 2.75) is 12.5 Å². The fourth-order valence-corrected chi connectivity index (χ4v) is 5.32. The molecule has 15 heavy (non-hydrogen) atoms. The lowest BCUT2D eigenvalue weighted by Crippen LogP contribution is -2.13. The number of hydrogen-bond donors (Lipinski definition) is 1. The summed E-state index contributed by atoms with van der Waals surface area (Å²) in [6.45, 7) is 0. The molecule has 1 fully saturated rings. The Balaban J connectivity index is 2.17. The maximum Gasteiger partial charge on any atom is 0.150 e. The van der Waals surface area contributed by atoms with E-state index in [9.17, 15) is 13.5 Å². The van der Waals surface area contributed by atoms with Gasteiger partial charge in [0.05, 0.1) is 17.6 Å². The number of sulfone groups is 1. The standard InChI is InChI=1S/C9H11BrO3S2/c10-7-1-3-14-9(7)8(11)6-2-4-15(12,13)5-6/h1,3,6,8,11H,2,4-5H2. The summed E-state index contributed by atoms with van der Waals surface area (Å²) < 4.78 is 23.4. The van der Waals surface area contributed by atoms with E-state index in [0.29, 0.717) is 6.42 Å². The maximum atomic E-state index is 11.3. The number of hydrogen-bond acceptors (Lipinski definition) is 4. The molecule has 1 aliphatic rings. The van der Waals surface area contributed by atoms with Crippen LogP contribution in [0.15, 0.2) is 15.9 Å². The molecule has 1 aromatic heterocycles. The summed E-state index contributed by atoms with van der Waals surface area (Å²) in [5.74, 6) is 0.168. The van der Waals surface area contributed by atoms with Crippen LogP contribution in [0.1, 0.15) is 17.4 Å². The molecule has 6 heteroatoms. The normalized spacial score (nSPS) is 26.7. The summed E-state index contributed by atoms with van der Waals surface area (Å²) in [6.07, 6.45) is -0.0925. The van der Waals surface area contributed by atoms with Crippen LogP contribution in [0.3, 0.4) is 0 Å². The molecular weight excluding hydrogens is 300 g/mol. The van der Waals surface area contributed by atoms with E-state index in [-0.39, 0.29) is 17.4 Å². The summed E-state index contributed by atoms with van der Waals surface area (Å²) in [5.41, 5.74) is 0. The zero-order valence-corrected chi connectivity index (χ0v) is 11.1. The molecule has 1 N–H and O–H groups in total. The summed E-state index contributed by atoms with van der Waals surface area (Å²) >= 11 is 4.80. The largest absolute Gasteiger partial charge is 0.387 e. The zero-order valence-electron chi connectivity index (χ0n) is 7.89. The molecule has 2 rings (SSSR count). The molecule has 0 aromatic carbocycles. The van der Waals surface area contributed by atoms with Crippen LogP contribution in [0.25, 0.3) is 0 Å². The van der Waals surface area contributed by atoms with Crippen molar-refractivity contribution in [2.24, 2.45) is 5.92 Å². The van der Waals surface area contributed by atoms with Crippen molar-refractivity contribution in [3.8, 4) is 0 Å². The molecule has 1 saturated heterocycles. The lowest BCUT2D eigenvalue weighted by molar-refractivity contribution is 0.124. The molecule has 2 atom stereocenters. The van der Waals surface area contributed by atoms with Gasteiger partial charge in [-0.3, -0.25) is 0 Å². The Labute approximate surface area is 101 Å². The Kier molecular flexibility index (Phi) is 3.21. The highest BCUT2D eigenvalue weighted by Gasteiger charge is 2.34. The van der Waals surface area contributed by atoms with Gasteiger partial charge in [0.1, 0.15) is 0 Å². The summed E-state index contributed by atoms with van der Waals surface area (Å²) in [6, 6.07) is 1.87. The number of halogens is 1. The number of rotatable bonds is 2. The molecule has 0 amide bonds. The molecule has 84 valence electrons. The fraction of sp³-hybridized carbons (Fsp3) is 0.556. The number of aliphatic hydroxyl groups is 1. The third-order valence-corrected chi connectivity index (χ3v) is 6.36. The topological polar surface area (TPSA) is 54.4 Å². The lowest BCUT2D eigenvalue weighted by atomic mass is 10.0. The van der Waals surface area contributed by atoms with E-state index in [1.54, 1.807) is 0 Å². The third-order valence-electron chi connectivity index (χ3n) is 2.63. The van der Waals surface area contributed by atoms with E-state index in [4.69, 9.17) is 0 Å². The summed E-state index contributed by atoms with van der Waals surface area (Å²) in [7, 11) is -2.92. The monoisotopic (exact) mass is 310 g/mol. The van der Waals surface area contributed by atoms with Gasteiger partial charge < -0.3 is 5.11 Å². The molecule has 0 spiro atoms. The molecule has 2 unspecified atom stereocenters. The second-order valence-electron chi connectivity index (χ2n) is 3.74. The molecule has 3 nitrogen and oxygen atoms in total. The Hall–Kier alpha value is 0.0900. The SMILES string of the molecule is O=S1(=O)CCC(C(O)c2sccc2Br)C1. The van der Waals surface area contributed by atoms with Crippen molar-refractivity contribution >= 4 is 37.1 Å². The molecule has 0 saturated carbocycles. The number of thiophene rings is 1. The van der Waals surface area contributed by atoms with Crippen molar-refractivity contribution in [3.63, 3.8) is 0 Å². The van der Waals surface area contributed by atoms with E-state index in [1.165, 1.54) is 11.3 Å². The molecule has 1 aromatic rings. The Morgan fingerprint density at radius 3 is 2.80 bits per heavy atom. The first-order valence-electron chi connectivity index (χ1n) is 4.61. The number of aliphatic hydroxyl groups excluding tert-OH is 1. The average Bonchev–Trinajstić information content (AvgIpc) is 2.71. The van der Waals surface area contributed by atoms with Gasteiger partial charge in [-0.25, -0.2) is 8.42 Å². The van der Waals surface area contributed by atoms with Gasteiger partial charge in [0, 0.05) is 15.3 Å². The van der Waals surface area contributed by atoms with Crippen molar-refractivity contribution in [2.75, 3.05) is 11.5 Å². The van der Waals surface area contributed by atoms with Gasteiger partial charge >= 0.3 is 0 Å². The third kappa shape index (κ3) is 2.43. The zero-order chi connectivity index (χ0) is 11.1. The van der Waals surface area contributed by atoms with Gasteiger partial charge in [-0.2, -0.15) is 0 Å². The minimum atomic E-state index is -2.92. The van der Waals surface area contributed by atoms with Gasteiger partial charge in [0.25, 0.3) is 0 Å². The molecule has 1 aliphatic heterocycles. The van der Waals surface area contributed by atoms with Gasteiger partial charge in [0.2, 0.25) is 0 Å². The lowest BCUT2D eigenvalue weighted by Gasteiger charge is -2.15. The Morgan fingerprint density at radius 2 is 2.33 bits per heavy atom. The van der Waals surface area contributed by atoms with Crippen LogP contribution < -0.4 is 0 Å². The average molecular weight is 311 g/mol. The molecule has 0 bridgehead atoms. The Morgan fingerprint density at radius 1 is 1.60 bits per heavy atom. The molecular formula is C9H11BrO3S2. The van der Waals surface area contributed by atoms with Crippen molar-refractivity contribution < 1.29 is 13.5 Å². The first-order valence-corrected chi connectivity index (χ1v) is 8.10. The van der Waals surface area contributed by atoms with Crippen LogP contribution >= 0.6 is 27.3 Å². The Bertz CT molecular complexity index is 452. The van der Waals surface area contributed by atoms with Crippen LogP contribution in [0.2, 0.25) is 0 Å². The van der Waals surface area contributed by atoms with E-state index in [2.05, 4.69) is 15.9 Å². The highest BCUT2D eigenvalue weighted by molar-refractivity contribution is 9.10. The van der Waals surface area contributed by atoms with Crippen LogP contribution in [-0.2, 0) is 9.84 Å². The summed E-state index contributed by atoms with van der Waals surface area (Å²) in [5, 5.41) is 11.9. The highest BCUT2D eigenvalue weighted by Crippen LogP contribution is 2.37. The first-order chi connectivity index (χ1) is 6.99. The second-order valence-corrected chi connectivity index (χ2v) is 7.77. The van der Waals surface area contributed by atoms with Crippen molar-refractivity contribution in [1.29, 1.82) is 0 Å². The first kappa shape index (κ1) is 11.6. The molecule has 0 aliphatic carbocycles. The van der Waals surface area contributed by atoms with Crippen LogP contribution in [0, 0.1) is 5.92 Å². The van der Waals surface area contributed by atoms with E-state index in [1.807, 2.05) is 11.4 Å². The van der Waals surface area contributed by atoms with Crippen molar-refractivity contribution in [1.82, 2.24) is 0 Å². The van der Waals surface area contributed by atoms with Gasteiger partial charge in [-0.15, -0.1) is 11.3 Å². The quantitative estimate of drug-likeness (QED) is 0.908. The predicted octanol–water partition coefficient (Wildman–Crippen LogP) is 1.98. The molecule has 2 heterocycles.